The molecule has 0 aliphatic heterocycles. The Morgan fingerprint density at radius 3 is 2.61 bits per heavy atom. The molecule has 0 aliphatic carbocycles. The van der Waals surface area contributed by atoms with Crippen LogP contribution in [0.15, 0.2) is 48.5 Å². The summed E-state index contributed by atoms with van der Waals surface area (Å²) in [6.45, 7) is 6.05. The largest absolute Gasteiger partial charge is 0.492 e. The van der Waals surface area contributed by atoms with Crippen LogP contribution in [0.5, 0.6) is 5.75 Å². The molecule has 0 unspecified atom stereocenters. The maximum atomic E-state index is 12.7. The quantitative estimate of drug-likeness (QED) is 0.603. The number of hydrogen-bond donors (Lipinski definition) is 2. The van der Waals surface area contributed by atoms with Crippen LogP contribution in [-0.4, -0.2) is 22.5 Å². The van der Waals surface area contributed by atoms with Crippen molar-refractivity contribution in [2.45, 2.75) is 20.8 Å². The second-order valence-corrected chi connectivity index (χ2v) is 6.51. The second kappa shape index (κ2) is 8.71. The molecule has 0 aliphatic rings. The van der Waals surface area contributed by atoms with Gasteiger partial charge in [0.15, 0.2) is 0 Å². The molecule has 2 N–H and O–H groups in total. The molecule has 28 heavy (non-hydrogen) atoms. The Bertz CT molecular complexity index is 1010. The predicted molar refractivity (Wildman–Crippen MR) is 112 cm³/mol. The van der Waals surface area contributed by atoms with Crippen molar-refractivity contribution in [2.24, 2.45) is 0 Å². The summed E-state index contributed by atoms with van der Waals surface area (Å²) in [4.78, 5) is 21.4. The van der Waals surface area contributed by atoms with E-state index in [1.165, 1.54) is 0 Å². The molecular weight excluding hydrogens is 376 g/mol. The molecule has 0 atom stereocenters. The standard InChI is InChI=1S/C21H21ClN4O2/c1-4-28-19-11-6-5-9-17(19)26-21(27)18-12-20(24-14(3)23-18)25-16-10-7-8-15(22)13(16)2/h5-12H,4H2,1-3H3,(H,26,27)(H,23,24,25). The smallest absolute Gasteiger partial charge is 0.274 e. The molecule has 0 radical (unpaired) electrons. The van der Waals surface area contributed by atoms with Crippen molar-refractivity contribution in [3.8, 4) is 5.75 Å². The zero-order valence-electron chi connectivity index (χ0n) is 15.9. The van der Waals surface area contributed by atoms with E-state index in [1.807, 2.05) is 44.2 Å². The predicted octanol–water partition coefficient (Wildman–Crippen LogP) is 5.14. The minimum absolute atomic E-state index is 0.251. The van der Waals surface area contributed by atoms with Crippen molar-refractivity contribution in [2.75, 3.05) is 17.2 Å². The number of aryl methyl sites for hydroxylation is 1. The molecule has 1 amide bonds. The average Bonchev–Trinajstić information content (AvgIpc) is 2.67. The van der Waals surface area contributed by atoms with Crippen molar-refractivity contribution in [1.82, 2.24) is 9.97 Å². The summed E-state index contributed by atoms with van der Waals surface area (Å²) < 4.78 is 5.55. The second-order valence-electron chi connectivity index (χ2n) is 6.11. The number of rotatable bonds is 6. The van der Waals surface area contributed by atoms with Gasteiger partial charge in [0, 0.05) is 16.8 Å². The Morgan fingerprint density at radius 2 is 1.82 bits per heavy atom. The van der Waals surface area contributed by atoms with Crippen LogP contribution in [0.25, 0.3) is 0 Å². The number of halogens is 1. The number of carbonyl (C=O) groups is 1. The molecule has 1 heterocycles. The van der Waals surface area contributed by atoms with Gasteiger partial charge in [-0.15, -0.1) is 0 Å². The van der Waals surface area contributed by atoms with Crippen LogP contribution in [0, 0.1) is 13.8 Å². The molecular formula is C21H21ClN4O2. The first-order chi connectivity index (χ1) is 13.5. The fourth-order valence-electron chi connectivity index (χ4n) is 2.67. The van der Waals surface area contributed by atoms with E-state index in [0.717, 1.165) is 11.3 Å². The first-order valence-corrected chi connectivity index (χ1v) is 9.26. The van der Waals surface area contributed by atoms with Crippen LogP contribution in [0.4, 0.5) is 17.2 Å². The Morgan fingerprint density at radius 1 is 1.07 bits per heavy atom. The highest BCUT2D eigenvalue weighted by atomic mass is 35.5. The first kappa shape index (κ1) is 19.6. The molecule has 3 rings (SSSR count). The van der Waals surface area contributed by atoms with E-state index in [9.17, 15) is 4.79 Å². The van der Waals surface area contributed by atoms with Crippen LogP contribution >= 0.6 is 11.6 Å². The number of aromatic nitrogens is 2. The lowest BCUT2D eigenvalue weighted by Gasteiger charge is -2.13. The lowest BCUT2D eigenvalue weighted by molar-refractivity contribution is 0.102. The highest BCUT2D eigenvalue weighted by Gasteiger charge is 2.14. The van der Waals surface area contributed by atoms with E-state index in [-0.39, 0.29) is 11.6 Å². The number of ether oxygens (including phenoxy) is 1. The van der Waals surface area contributed by atoms with E-state index in [1.54, 1.807) is 25.1 Å². The lowest BCUT2D eigenvalue weighted by atomic mass is 10.2. The van der Waals surface area contributed by atoms with E-state index in [0.29, 0.717) is 34.7 Å². The molecule has 0 spiro atoms. The molecule has 0 saturated carbocycles. The van der Waals surface area contributed by atoms with Crippen molar-refractivity contribution in [1.29, 1.82) is 0 Å². The van der Waals surface area contributed by atoms with Crippen molar-refractivity contribution in [3.63, 3.8) is 0 Å². The molecule has 0 saturated heterocycles. The maximum absolute atomic E-state index is 12.7. The van der Waals surface area contributed by atoms with Gasteiger partial charge in [-0.2, -0.15) is 0 Å². The summed E-state index contributed by atoms with van der Waals surface area (Å²) >= 11 is 6.18. The summed E-state index contributed by atoms with van der Waals surface area (Å²) in [6.07, 6.45) is 0. The normalized spacial score (nSPS) is 10.4. The van der Waals surface area contributed by atoms with E-state index in [4.69, 9.17) is 16.3 Å². The van der Waals surface area contributed by atoms with Gasteiger partial charge in [-0.05, 0) is 50.6 Å². The number of nitrogens with one attached hydrogen (secondary N) is 2. The number of carbonyl (C=O) groups excluding carboxylic acids is 1. The van der Waals surface area contributed by atoms with Crippen LogP contribution in [0.1, 0.15) is 28.8 Å². The molecule has 1 aromatic heterocycles. The van der Waals surface area contributed by atoms with Gasteiger partial charge in [0.05, 0.1) is 12.3 Å². The monoisotopic (exact) mass is 396 g/mol. The molecule has 2 aromatic carbocycles. The van der Waals surface area contributed by atoms with E-state index < -0.39 is 0 Å². The fourth-order valence-corrected chi connectivity index (χ4v) is 2.84. The minimum atomic E-state index is -0.344. The molecule has 6 nitrogen and oxygen atoms in total. The third-order valence-corrected chi connectivity index (χ3v) is 4.45. The summed E-state index contributed by atoms with van der Waals surface area (Å²) in [5, 5.41) is 6.71. The third-order valence-electron chi connectivity index (χ3n) is 4.04. The highest BCUT2D eigenvalue weighted by molar-refractivity contribution is 6.31. The minimum Gasteiger partial charge on any atom is -0.492 e. The molecule has 144 valence electrons. The average molecular weight is 397 g/mol. The lowest BCUT2D eigenvalue weighted by Crippen LogP contribution is -2.16. The Labute approximate surface area is 168 Å². The van der Waals surface area contributed by atoms with Gasteiger partial charge in [0.1, 0.15) is 23.1 Å². The highest BCUT2D eigenvalue weighted by Crippen LogP contribution is 2.27. The van der Waals surface area contributed by atoms with Crippen molar-refractivity contribution < 1.29 is 9.53 Å². The van der Waals surface area contributed by atoms with Crippen LogP contribution < -0.4 is 15.4 Å². The number of nitrogens with zero attached hydrogens (tertiary/aromatic N) is 2. The number of benzene rings is 2. The summed E-state index contributed by atoms with van der Waals surface area (Å²) in [5.41, 5.74) is 2.56. The summed E-state index contributed by atoms with van der Waals surface area (Å²) in [7, 11) is 0. The Balaban J connectivity index is 1.85. The summed E-state index contributed by atoms with van der Waals surface area (Å²) in [5.74, 6) is 1.26. The number of anilines is 3. The fraction of sp³-hybridized carbons (Fsp3) is 0.190. The van der Waals surface area contributed by atoms with E-state index in [2.05, 4.69) is 20.6 Å². The molecule has 7 heteroatoms. The van der Waals surface area contributed by atoms with Gasteiger partial charge in [-0.25, -0.2) is 9.97 Å². The van der Waals surface area contributed by atoms with Crippen LogP contribution in [-0.2, 0) is 0 Å². The van der Waals surface area contributed by atoms with Crippen LogP contribution in [0.3, 0.4) is 0 Å². The van der Waals surface area contributed by atoms with Gasteiger partial charge < -0.3 is 15.4 Å². The van der Waals surface area contributed by atoms with Crippen molar-refractivity contribution in [3.05, 3.63) is 70.6 Å². The maximum Gasteiger partial charge on any atom is 0.274 e. The Hall–Kier alpha value is -3.12. The zero-order valence-corrected chi connectivity index (χ0v) is 16.7. The van der Waals surface area contributed by atoms with Gasteiger partial charge in [0.2, 0.25) is 0 Å². The van der Waals surface area contributed by atoms with Crippen molar-refractivity contribution >= 4 is 34.7 Å². The van der Waals surface area contributed by atoms with Gasteiger partial charge in [0.25, 0.3) is 5.91 Å². The van der Waals surface area contributed by atoms with Crippen LogP contribution in [0.2, 0.25) is 5.02 Å². The SMILES string of the molecule is CCOc1ccccc1NC(=O)c1cc(Nc2cccc(Cl)c2C)nc(C)n1. The number of para-hydroxylation sites is 2. The first-order valence-electron chi connectivity index (χ1n) is 8.89. The molecule has 3 aromatic rings. The molecule has 0 fully saturated rings. The Kier molecular flexibility index (Phi) is 6.11. The summed E-state index contributed by atoms with van der Waals surface area (Å²) in [6, 6.07) is 14.4. The topological polar surface area (TPSA) is 76.1 Å². The van der Waals surface area contributed by atoms with Gasteiger partial charge in [-0.3, -0.25) is 4.79 Å². The van der Waals surface area contributed by atoms with Gasteiger partial charge in [-0.1, -0.05) is 29.8 Å². The third kappa shape index (κ3) is 4.58. The van der Waals surface area contributed by atoms with E-state index >= 15 is 0 Å². The molecule has 0 bridgehead atoms. The van der Waals surface area contributed by atoms with Gasteiger partial charge >= 0.3 is 0 Å². The zero-order chi connectivity index (χ0) is 20.1. The number of amides is 1. The number of hydrogen-bond acceptors (Lipinski definition) is 5.